The quantitative estimate of drug-likeness (QED) is 0.296. The van der Waals surface area contributed by atoms with Crippen molar-refractivity contribution in [2.24, 2.45) is 4.99 Å². The molecule has 1 fully saturated rings. The lowest BCUT2D eigenvalue weighted by Crippen LogP contribution is -2.45. The van der Waals surface area contributed by atoms with Crippen molar-refractivity contribution in [2.45, 2.75) is 76.9 Å². The van der Waals surface area contributed by atoms with Crippen molar-refractivity contribution in [3.63, 3.8) is 0 Å². The van der Waals surface area contributed by atoms with E-state index in [0.717, 1.165) is 38.5 Å². The molecule has 0 radical (unpaired) electrons. The van der Waals surface area contributed by atoms with E-state index >= 15 is 0 Å². The van der Waals surface area contributed by atoms with Gasteiger partial charge in [0, 0.05) is 33.9 Å². The molecule has 23 heavy (non-hydrogen) atoms. The first-order valence-electron chi connectivity index (χ1n) is 9.18. The molecule has 136 valence electrons. The van der Waals surface area contributed by atoms with Crippen molar-refractivity contribution in [3.05, 3.63) is 0 Å². The molecule has 1 aliphatic carbocycles. The topological polar surface area (TPSA) is 54.9 Å². The molecule has 5 nitrogen and oxygen atoms in total. The van der Waals surface area contributed by atoms with Gasteiger partial charge in [0.15, 0.2) is 5.96 Å². The normalized spacial score (nSPS) is 17.8. The molecule has 0 unspecified atom stereocenters. The molecule has 0 spiro atoms. The second kappa shape index (κ2) is 11.7. The van der Waals surface area contributed by atoms with Crippen molar-refractivity contribution < 1.29 is 9.47 Å². The lowest BCUT2D eigenvalue weighted by molar-refractivity contribution is 0.0268. The summed E-state index contributed by atoms with van der Waals surface area (Å²) in [5, 5.41) is 6.64. The third-order valence-corrected chi connectivity index (χ3v) is 4.48. The predicted octanol–water partition coefficient (Wildman–Crippen LogP) is 3.10. The van der Waals surface area contributed by atoms with Crippen LogP contribution in [0.4, 0.5) is 0 Å². The van der Waals surface area contributed by atoms with Gasteiger partial charge >= 0.3 is 0 Å². The number of ether oxygens (including phenoxy) is 2. The molecule has 5 heteroatoms. The Labute approximate surface area is 142 Å². The average molecular weight is 328 g/mol. The Balaban J connectivity index is 2.04. The second-order valence-corrected chi connectivity index (χ2v) is 7.01. The number of hydrogen-bond acceptors (Lipinski definition) is 3. The maximum Gasteiger partial charge on any atom is 0.191 e. The van der Waals surface area contributed by atoms with E-state index in [2.05, 4.69) is 29.5 Å². The SMILES string of the molecule is CN=C(NCCCCOC1CCCCCC1)NCC(C)(C)OC. The van der Waals surface area contributed by atoms with Crippen LogP contribution in [0, 0.1) is 0 Å². The van der Waals surface area contributed by atoms with Crippen LogP contribution in [0.25, 0.3) is 0 Å². The van der Waals surface area contributed by atoms with Gasteiger partial charge in [0.2, 0.25) is 0 Å². The van der Waals surface area contributed by atoms with Gasteiger partial charge in [0.05, 0.1) is 11.7 Å². The number of methoxy groups -OCH3 is 1. The van der Waals surface area contributed by atoms with Gasteiger partial charge in [-0.3, -0.25) is 4.99 Å². The molecule has 0 amide bonds. The lowest BCUT2D eigenvalue weighted by Gasteiger charge is -2.24. The number of aliphatic imine (C=N–C) groups is 1. The maximum absolute atomic E-state index is 6.01. The Bertz CT molecular complexity index is 324. The molecule has 1 rings (SSSR count). The van der Waals surface area contributed by atoms with Crippen LogP contribution in [-0.4, -0.2) is 51.5 Å². The fourth-order valence-electron chi connectivity index (χ4n) is 2.68. The number of nitrogens with one attached hydrogen (secondary N) is 2. The Hall–Kier alpha value is -0.810. The zero-order valence-corrected chi connectivity index (χ0v) is 15.6. The first kappa shape index (κ1) is 20.2. The number of unbranched alkanes of at least 4 members (excludes halogenated alkanes) is 1. The molecule has 2 N–H and O–H groups in total. The molecule has 0 aliphatic heterocycles. The van der Waals surface area contributed by atoms with Crippen molar-refractivity contribution in [1.29, 1.82) is 0 Å². The lowest BCUT2D eigenvalue weighted by atomic mass is 10.1. The highest BCUT2D eigenvalue weighted by Gasteiger charge is 2.16. The highest BCUT2D eigenvalue weighted by Crippen LogP contribution is 2.19. The molecule has 0 aromatic carbocycles. The van der Waals surface area contributed by atoms with E-state index in [9.17, 15) is 0 Å². The van der Waals surface area contributed by atoms with Crippen LogP contribution in [0.3, 0.4) is 0 Å². The van der Waals surface area contributed by atoms with Crippen LogP contribution >= 0.6 is 0 Å². The molecule has 0 aromatic rings. The smallest absolute Gasteiger partial charge is 0.191 e. The van der Waals surface area contributed by atoms with Crippen LogP contribution in [0.1, 0.15) is 65.2 Å². The summed E-state index contributed by atoms with van der Waals surface area (Å²) < 4.78 is 11.4. The highest BCUT2D eigenvalue weighted by molar-refractivity contribution is 5.79. The second-order valence-electron chi connectivity index (χ2n) is 7.01. The summed E-state index contributed by atoms with van der Waals surface area (Å²) in [5.74, 6) is 0.833. The van der Waals surface area contributed by atoms with Gasteiger partial charge in [-0.05, 0) is 39.5 Å². The average Bonchev–Trinajstić information content (AvgIpc) is 2.82. The van der Waals surface area contributed by atoms with E-state index in [-0.39, 0.29) is 5.60 Å². The zero-order valence-electron chi connectivity index (χ0n) is 15.6. The molecule has 0 aromatic heterocycles. The molecule has 1 aliphatic rings. The third kappa shape index (κ3) is 9.82. The minimum absolute atomic E-state index is 0.190. The molecule has 0 bridgehead atoms. The molecular weight excluding hydrogens is 290 g/mol. The van der Waals surface area contributed by atoms with E-state index < -0.39 is 0 Å². The van der Waals surface area contributed by atoms with Gasteiger partial charge in [-0.2, -0.15) is 0 Å². The van der Waals surface area contributed by atoms with Gasteiger partial charge in [-0.1, -0.05) is 25.7 Å². The molecule has 0 saturated heterocycles. The van der Waals surface area contributed by atoms with Crippen molar-refractivity contribution in [1.82, 2.24) is 10.6 Å². The highest BCUT2D eigenvalue weighted by atomic mass is 16.5. The number of rotatable bonds is 9. The van der Waals surface area contributed by atoms with Crippen LogP contribution < -0.4 is 10.6 Å². The summed E-state index contributed by atoms with van der Waals surface area (Å²) in [6.07, 6.45) is 10.7. The van der Waals surface area contributed by atoms with Crippen LogP contribution in [0.5, 0.6) is 0 Å². The van der Waals surface area contributed by atoms with Crippen molar-refractivity contribution in [3.8, 4) is 0 Å². The van der Waals surface area contributed by atoms with Crippen molar-refractivity contribution >= 4 is 5.96 Å². The Morgan fingerprint density at radius 2 is 1.78 bits per heavy atom. The fraction of sp³-hybridized carbons (Fsp3) is 0.944. The summed E-state index contributed by atoms with van der Waals surface area (Å²) in [5.41, 5.74) is -0.190. The summed E-state index contributed by atoms with van der Waals surface area (Å²) in [6.45, 7) is 6.64. The first-order valence-corrected chi connectivity index (χ1v) is 9.18. The van der Waals surface area contributed by atoms with Gasteiger partial charge in [0.1, 0.15) is 0 Å². The van der Waals surface area contributed by atoms with Crippen LogP contribution in [0.15, 0.2) is 4.99 Å². The predicted molar refractivity (Wildman–Crippen MR) is 97.1 cm³/mol. The zero-order chi connectivity index (χ0) is 17.0. The third-order valence-electron chi connectivity index (χ3n) is 4.48. The largest absolute Gasteiger partial charge is 0.378 e. The first-order chi connectivity index (χ1) is 11.1. The molecule has 1 saturated carbocycles. The number of guanidine groups is 1. The van der Waals surface area contributed by atoms with E-state index in [0.29, 0.717) is 6.10 Å². The number of hydrogen-bond donors (Lipinski definition) is 2. The Morgan fingerprint density at radius 3 is 2.39 bits per heavy atom. The number of nitrogens with zero attached hydrogens (tertiary/aromatic N) is 1. The minimum Gasteiger partial charge on any atom is -0.378 e. The van der Waals surface area contributed by atoms with E-state index in [1.54, 1.807) is 14.2 Å². The summed E-state index contributed by atoms with van der Waals surface area (Å²) in [7, 11) is 3.52. The Kier molecular flexibility index (Phi) is 10.3. The van der Waals surface area contributed by atoms with Gasteiger partial charge < -0.3 is 20.1 Å². The summed E-state index contributed by atoms with van der Waals surface area (Å²) in [6, 6.07) is 0. The summed E-state index contributed by atoms with van der Waals surface area (Å²) in [4.78, 5) is 4.23. The minimum atomic E-state index is -0.190. The van der Waals surface area contributed by atoms with E-state index in [4.69, 9.17) is 9.47 Å². The monoisotopic (exact) mass is 327 g/mol. The van der Waals surface area contributed by atoms with Gasteiger partial charge in [0.25, 0.3) is 0 Å². The van der Waals surface area contributed by atoms with Gasteiger partial charge in [-0.15, -0.1) is 0 Å². The molecular formula is C18H37N3O2. The van der Waals surface area contributed by atoms with Gasteiger partial charge in [-0.25, -0.2) is 0 Å². The van der Waals surface area contributed by atoms with E-state index in [1.807, 2.05) is 0 Å². The standard InChI is InChI=1S/C18H37N3O2/c1-18(2,22-4)15-21-17(19-3)20-13-9-10-14-23-16-11-7-5-6-8-12-16/h16H,5-15H2,1-4H3,(H2,19,20,21). The van der Waals surface area contributed by atoms with E-state index in [1.165, 1.54) is 38.5 Å². The summed E-state index contributed by atoms with van der Waals surface area (Å²) >= 11 is 0. The van der Waals surface area contributed by atoms with Crippen molar-refractivity contribution in [2.75, 3.05) is 33.9 Å². The van der Waals surface area contributed by atoms with Crippen LogP contribution in [-0.2, 0) is 9.47 Å². The molecule has 0 heterocycles. The fourth-order valence-corrected chi connectivity index (χ4v) is 2.68. The Morgan fingerprint density at radius 1 is 1.09 bits per heavy atom. The maximum atomic E-state index is 6.01. The van der Waals surface area contributed by atoms with Crippen LogP contribution in [0.2, 0.25) is 0 Å². The molecule has 0 atom stereocenters.